The van der Waals surface area contributed by atoms with E-state index in [9.17, 15) is 0 Å². The van der Waals surface area contributed by atoms with Crippen molar-refractivity contribution in [3.8, 4) is 0 Å². The zero-order valence-electron chi connectivity index (χ0n) is 8.72. The van der Waals surface area contributed by atoms with Crippen LogP contribution in [0.5, 0.6) is 0 Å². The molecule has 0 aromatic heterocycles. The molecule has 84 valence electrons. The molecule has 1 aromatic carbocycles. The highest BCUT2D eigenvalue weighted by atomic mass is 79.9. The van der Waals surface area contributed by atoms with E-state index < -0.39 is 0 Å². The van der Waals surface area contributed by atoms with Gasteiger partial charge in [0.1, 0.15) is 0 Å². The second-order valence-corrected chi connectivity index (χ2v) is 4.59. The summed E-state index contributed by atoms with van der Waals surface area (Å²) < 4.78 is 1.21. The maximum Gasteiger partial charge on any atom is 0.0458 e. The van der Waals surface area contributed by atoms with E-state index in [0.717, 1.165) is 19.6 Å². The lowest BCUT2D eigenvalue weighted by Crippen LogP contribution is -2.42. The maximum atomic E-state index is 3.61. The van der Waals surface area contributed by atoms with Gasteiger partial charge in [-0.2, -0.15) is 0 Å². The number of benzene rings is 1. The first-order valence-corrected chi connectivity index (χ1v) is 5.77. The van der Waals surface area contributed by atoms with Crippen molar-refractivity contribution in [3.05, 3.63) is 33.8 Å². The van der Waals surface area contributed by atoms with Crippen molar-refractivity contribution in [1.29, 1.82) is 0 Å². The first kappa shape index (κ1) is 13.0. The van der Waals surface area contributed by atoms with Crippen LogP contribution in [0.1, 0.15) is 17.2 Å². The molecule has 0 radical (unpaired) electrons. The molecule has 1 fully saturated rings. The average Bonchev–Trinajstić information content (AvgIpc) is 2.19. The summed E-state index contributed by atoms with van der Waals surface area (Å²) in [6.45, 7) is 5.24. The average molecular weight is 292 g/mol. The van der Waals surface area contributed by atoms with Crippen LogP contribution in [0.15, 0.2) is 22.7 Å². The van der Waals surface area contributed by atoms with Gasteiger partial charge in [0.25, 0.3) is 0 Å². The predicted octanol–water partition coefficient (Wildman–Crippen LogP) is 2.41. The van der Waals surface area contributed by atoms with E-state index in [1.165, 1.54) is 15.6 Å². The quantitative estimate of drug-likeness (QED) is 0.830. The van der Waals surface area contributed by atoms with Crippen molar-refractivity contribution in [1.82, 2.24) is 10.6 Å². The summed E-state index contributed by atoms with van der Waals surface area (Å²) in [4.78, 5) is 0. The van der Waals surface area contributed by atoms with Gasteiger partial charge in [-0.15, -0.1) is 12.4 Å². The third kappa shape index (κ3) is 3.18. The van der Waals surface area contributed by atoms with E-state index in [-0.39, 0.29) is 12.4 Å². The van der Waals surface area contributed by atoms with E-state index in [4.69, 9.17) is 0 Å². The molecule has 0 saturated carbocycles. The monoisotopic (exact) mass is 290 g/mol. The third-order valence-electron chi connectivity index (χ3n) is 2.57. The number of halogens is 2. The van der Waals surface area contributed by atoms with Gasteiger partial charge in [-0.05, 0) is 24.1 Å². The highest BCUT2D eigenvalue weighted by molar-refractivity contribution is 9.10. The molecule has 15 heavy (non-hydrogen) atoms. The van der Waals surface area contributed by atoms with Gasteiger partial charge in [0, 0.05) is 30.1 Å². The van der Waals surface area contributed by atoms with Gasteiger partial charge in [0.05, 0.1) is 0 Å². The van der Waals surface area contributed by atoms with Gasteiger partial charge < -0.3 is 10.6 Å². The maximum absolute atomic E-state index is 3.61. The molecule has 2 rings (SSSR count). The van der Waals surface area contributed by atoms with Crippen LogP contribution in [0, 0.1) is 6.92 Å². The summed E-state index contributed by atoms with van der Waals surface area (Å²) in [6.07, 6.45) is 0. The van der Waals surface area contributed by atoms with Crippen LogP contribution in [0.25, 0.3) is 0 Å². The molecular weight excluding hydrogens is 275 g/mol. The normalized spacial score (nSPS) is 20.8. The Balaban J connectivity index is 0.00000112. The van der Waals surface area contributed by atoms with Crippen LogP contribution < -0.4 is 10.6 Å². The molecule has 2 nitrogen and oxygen atoms in total. The fourth-order valence-electron chi connectivity index (χ4n) is 1.79. The smallest absolute Gasteiger partial charge is 0.0458 e. The number of nitrogens with one attached hydrogen (secondary N) is 2. The molecule has 1 heterocycles. The van der Waals surface area contributed by atoms with Crippen molar-refractivity contribution in [2.24, 2.45) is 0 Å². The zero-order chi connectivity index (χ0) is 9.97. The Kier molecular flexibility index (Phi) is 5.06. The molecule has 0 amide bonds. The van der Waals surface area contributed by atoms with Gasteiger partial charge >= 0.3 is 0 Å². The van der Waals surface area contributed by atoms with Crippen molar-refractivity contribution in [2.75, 3.05) is 19.6 Å². The largest absolute Gasteiger partial charge is 0.314 e. The Hall–Kier alpha value is -0.0900. The van der Waals surface area contributed by atoms with Crippen LogP contribution in [0.4, 0.5) is 0 Å². The molecule has 0 unspecified atom stereocenters. The Bertz CT molecular complexity index is 324. The van der Waals surface area contributed by atoms with Crippen LogP contribution >= 0.6 is 28.3 Å². The van der Waals surface area contributed by atoms with Gasteiger partial charge in [-0.25, -0.2) is 0 Å². The summed E-state index contributed by atoms with van der Waals surface area (Å²) in [5, 5.41) is 6.89. The van der Waals surface area contributed by atoms with E-state index in [1.54, 1.807) is 0 Å². The molecule has 1 aliphatic heterocycles. The molecule has 1 atom stereocenters. The molecule has 1 aliphatic rings. The lowest BCUT2D eigenvalue weighted by Gasteiger charge is -2.25. The summed E-state index contributed by atoms with van der Waals surface area (Å²) in [5.41, 5.74) is 2.65. The van der Waals surface area contributed by atoms with Crippen LogP contribution in [0.2, 0.25) is 0 Å². The van der Waals surface area contributed by atoms with Gasteiger partial charge in [0.15, 0.2) is 0 Å². The van der Waals surface area contributed by atoms with Gasteiger partial charge in [-0.1, -0.05) is 28.1 Å². The minimum atomic E-state index is 0. The second-order valence-electron chi connectivity index (χ2n) is 3.74. The molecule has 1 saturated heterocycles. The molecular formula is C11H16BrClN2. The highest BCUT2D eigenvalue weighted by Gasteiger charge is 2.16. The summed E-state index contributed by atoms with van der Waals surface area (Å²) >= 11 is 3.61. The standard InChI is InChI=1S/C11H15BrN2.ClH/c1-8-2-3-9(10(12)6-8)11-7-13-4-5-14-11;/h2-3,6,11,13-14H,4-5,7H2,1H3;1H/t11-;/m0./s1. The van der Waals surface area contributed by atoms with Crippen molar-refractivity contribution >= 4 is 28.3 Å². The molecule has 0 aliphatic carbocycles. The highest BCUT2D eigenvalue weighted by Crippen LogP contribution is 2.24. The lowest BCUT2D eigenvalue weighted by atomic mass is 10.0. The van der Waals surface area contributed by atoms with Gasteiger partial charge in [-0.3, -0.25) is 0 Å². The Labute approximate surface area is 105 Å². The summed E-state index contributed by atoms with van der Waals surface area (Å²) in [6, 6.07) is 6.98. The SMILES string of the molecule is Cc1ccc([C@@H]2CNCCN2)c(Br)c1.Cl. The Morgan fingerprint density at radius 2 is 2.13 bits per heavy atom. The number of aryl methyl sites for hydroxylation is 1. The second kappa shape index (κ2) is 5.85. The Morgan fingerprint density at radius 3 is 2.73 bits per heavy atom. The minimum absolute atomic E-state index is 0. The third-order valence-corrected chi connectivity index (χ3v) is 3.26. The molecule has 2 N–H and O–H groups in total. The van der Waals surface area contributed by atoms with E-state index >= 15 is 0 Å². The zero-order valence-corrected chi connectivity index (χ0v) is 11.1. The van der Waals surface area contributed by atoms with Gasteiger partial charge in [0.2, 0.25) is 0 Å². The van der Waals surface area contributed by atoms with E-state index in [0.29, 0.717) is 6.04 Å². The number of rotatable bonds is 1. The molecule has 4 heteroatoms. The Morgan fingerprint density at radius 1 is 1.33 bits per heavy atom. The van der Waals surface area contributed by atoms with Crippen LogP contribution in [-0.4, -0.2) is 19.6 Å². The van der Waals surface area contributed by atoms with E-state index in [1.807, 2.05) is 0 Å². The molecule has 0 bridgehead atoms. The molecule has 0 spiro atoms. The lowest BCUT2D eigenvalue weighted by molar-refractivity contribution is 0.429. The number of piperazine rings is 1. The van der Waals surface area contributed by atoms with Crippen LogP contribution in [0.3, 0.4) is 0 Å². The minimum Gasteiger partial charge on any atom is -0.314 e. The number of hydrogen-bond donors (Lipinski definition) is 2. The van der Waals surface area contributed by atoms with E-state index in [2.05, 4.69) is 51.7 Å². The topological polar surface area (TPSA) is 24.1 Å². The van der Waals surface area contributed by atoms with Crippen LogP contribution in [-0.2, 0) is 0 Å². The first-order valence-electron chi connectivity index (χ1n) is 4.97. The first-order chi connectivity index (χ1) is 6.77. The number of hydrogen-bond acceptors (Lipinski definition) is 2. The fraction of sp³-hybridized carbons (Fsp3) is 0.455. The summed E-state index contributed by atoms with van der Waals surface area (Å²) in [5.74, 6) is 0. The van der Waals surface area contributed by atoms with Crippen molar-refractivity contribution in [3.63, 3.8) is 0 Å². The van der Waals surface area contributed by atoms with Crippen molar-refractivity contribution < 1.29 is 0 Å². The summed E-state index contributed by atoms with van der Waals surface area (Å²) in [7, 11) is 0. The van der Waals surface area contributed by atoms with Crippen molar-refractivity contribution in [2.45, 2.75) is 13.0 Å². The molecule has 1 aromatic rings. The fourth-order valence-corrected chi connectivity index (χ4v) is 2.56. The predicted molar refractivity (Wildman–Crippen MR) is 69.7 cm³/mol.